The Morgan fingerprint density at radius 2 is 1.91 bits per heavy atom. The first-order valence-electron chi connectivity index (χ1n) is 10.9. The number of aryl methyl sites for hydroxylation is 1. The van der Waals surface area contributed by atoms with Gasteiger partial charge in [0.2, 0.25) is 5.82 Å². The third-order valence-electron chi connectivity index (χ3n) is 5.32. The number of carbonyl (C=O) groups excluding carboxylic acids is 1. The van der Waals surface area contributed by atoms with E-state index in [1.54, 1.807) is 0 Å². The lowest BCUT2D eigenvalue weighted by atomic mass is 9.90. The number of aromatic nitrogens is 2. The number of hydrogen-bond donors (Lipinski definition) is 5. The molecular formula is C22H35Cl2N7O2. The van der Waals surface area contributed by atoms with Crippen LogP contribution in [-0.2, 0) is 4.74 Å². The van der Waals surface area contributed by atoms with Crippen molar-refractivity contribution >= 4 is 53.4 Å². The second-order valence-corrected chi connectivity index (χ2v) is 8.29. The van der Waals surface area contributed by atoms with E-state index >= 15 is 0 Å². The van der Waals surface area contributed by atoms with Gasteiger partial charge >= 0.3 is 0 Å². The van der Waals surface area contributed by atoms with Crippen molar-refractivity contribution in [1.82, 2.24) is 20.6 Å². The molecule has 0 unspecified atom stereocenters. The van der Waals surface area contributed by atoms with Gasteiger partial charge in [-0.05, 0) is 45.7 Å². The minimum absolute atomic E-state index is 0. The fourth-order valence-electron chi connectivity index (χ4n) is 3.84. The van der Waals surface area contributed by atoms with E-state index in [4.69, 9.17) is 15.9 Å². The molecule has 1 saturated carbocycles. The highest BCUT2D eigenvalue weighted by atomic mass is 35.5. The van der Waals surface area contributed by atoms with Crippen LogP contribution in [0, 0.1) is 12.3 Å². The van der Waals surface area contributed by atoms with Crippen molar-refractivity contribution in [2.24, 2.45) is 5.73 Å². The second-order valence-electron chi connectivity index (χ2n) is 8.29. The number of guanidine groups is 1. The molecule has 1 aliphatic carbocycles. The number of halogens is 2. The number of rotatable bonds is 8. The molecule has 6 N–H and O–H groups in total. The highest BCUT2D eigenvalue weighted by molar-refractivity contribution is 5.96. The van der Waals surface area contributed by atoms with Crippen molar-refractivity contribution in [3.63, 3.8) is 0 Å². The van der Waals surface area contributed by atoms with E-state index in [2.05, 4.69) is 25.9 Å². The quantitative estimate of drug-likeness (QED) is 0.213. The third-order valence-corrected chi connectivity index (χ3v) is 5.32. The Balaban J connectivity index is 0.00000272. The molecule has 0 spiro atoms. The number of anilines is 1. The molecule has 3 rings (SSSR count). The van der Waals surface area contributed by atoms with Gasteiger partial charge in [-0.3, -0.25) is 10.2 Å². The topological polar surface area (TPSA) is 138 Å². The lowest BCUT2D eigenvalue weighted by molar-refractivity contribution is 0.0743. The summed E-state index contributed by atoms with van der Waals surface area (Å²) in [5.41, 5.74) is 7.38. The van der Waals surface area contributed by atoms with Crippen LogP contribution in [0.2, 0.25) is 0 Å². The molecule has 2 aromatic rings. The maximum absolute atomic E-state index is 12.7. The molecular weight excluding hydrogens is 465 g/mol. The van der Waals surface area contributed by atoms with Gasteiger partial charge in [-0.15, -0.1) is 24.8 Å². The van der Waals surface area contributed by atoms with Crippen LogP contribution in [-0.4, -0.2) is 53.2 Å². The number of amides is 1. The number of hydrogen-bond acceptors (Lipinski definition) is 6. The van der Waals surface area contributed by atoms with Gasteiger partial charge in [0, 0.05) is 24.0 Å². The van der Waals surface area contributed by atoms with Crippen LogP contribution in [0.3, 0.4) is 0 Å². The predicted molar refractivity (Wildman–Crippen MR) is 137 cm³/mol. The molecule has 1 amide bonds. The van der Waals surface area contributed by atoms with Gasteiger partial charge in [0.05, 0.1) is 18.2 Å². The fourth-order valence-corrected chi connectivity index (χ4v) is 3.84. The molecule has 0 bridgehead atoms. The molecule has 1 aliphatic rings. The second kappa shape index (κ2) is 13.4. The average molecular weight is 500 g/mol. The fraction of sp³-hybridized carbons (Fsp3) is 0.545. The lowest BCUT2D eigenvalue weighted by Crippen LogP contribution is -2.50. The van der Waals surface area contributed by atoms with Crippen LogP contribution in [0.4, 0.5) is 5.82 Å². The summed E-state index contributed by atoms with van der Waals surface area (Å²) in [4.78, 5) is 21.7. The Hall–Kier alpha value is -2.36. The minimum atomic E-state index is -0.333. The third kappa shape index (κ3) is 8.17. The van der Waals surface area contributed by atoms with Crippen molar-refractivity contribution in [2.75, 3.05) is 18.5 Å². The van der Waals surface area contributed by atoms with E-state index in [9.17, 15) is 4.79 Å². The zero-order chi connectivity index (χ0) is 22.4. The van der Waals surface area contributed by atoms with E-state index in [0.717, 1.165) is 36.6 Å². The van der Waals surface area contributed by atoms with E-state index < -0.39 is 0 Å². The van der Waals surface area contributed by atoms with Crippen molar-refractivity contribution in [2.45, 2.75) is 64.6 Å². The first-order chi connectivity index (χ1) is 14.8. The Labute approximate surface area is 207 Å². The van der Waals surface area contributed by atoms with E-state index in [1.165, 1.54) is 0 Å². The van der Waals surface area contributed by atoms with E-state index in [-0.39, 0.29) is 60.7 Å². The van der Waals surface area contributed by atoms with Crippen molar-refractivity contribution < 1.29 is 9.53 Å². The zero-order valence-electron chi connectivity index (χ0n) is 19.3. The van der Waals surface area contributed by atoms with Crippen LogP contribution < -0.4 is 21.7 Å². The molecule has 0 radical (unpaired) electrons. The molecule has 1 fully saturated rings. The first kappa shape index (κ1) is 28.7. The van der Waals surface area contributed by atoms with E-state index in [1.807, 2.05) is 39.0 Å². The van der Waals surface area contributed by atoms with Crippen LogP contribution in [0.1, 0.15) is 55.7 Å². The molecule has 0 saturated heterocycles. The maximum atomic E-state index is 12.7. The van der Waals surface area contributed by atoms with Crippen LogP contribution >= 0.6 is 24.8 Å². The standard InChI is InChI=1S/C22H33N7O2.2ClH/c1-13(2)31-11-10-25-21(30)20-26-16-9-8-14(3)12-15(16)19(29-20)27-17-6-4-5-7-18(17)28-22(23)24;;/h8-9,12-13,17-18H,4-7,10-11H2,1-3H3,(H,25,30)(H4,23,24,28)(H,26,27,29);2*1H/t17-,18+;;/m0../s1. The predicted octanol–water partition coefficient (Wildman–Crippen LogP) is 3.14. The number of carbonyl (C=O) groups is 1. The summed E-state index contributed by atoms with van der Waals surface area (Å²) in [5, 5.41) is 17.9. The largest absolute Gasteiger partial charge is 0.377 e. The van der Waals surface area contributed by atoms with Crippen LogP contribution in [0.5, 0.6) is 0 Å². The van der Waals surface area contributed by atoms with Gasteiger partial charge in [-0.25, -0.2) is 9.97 Å². The van der Waals surface area contributed by atoms with Gasteiger partial charge in [0.15, 0.2) is 5.96 Å². The molecule has 33 heavy (non-hydrogen) atoms. The number of benzene rings is 1. The number of nitrogens with zero attached hydrogens (tertiary/aromatic N) is 2. The zero-order valence-corrected chi connectivity index (χ0v) is 20.9. The maximum Gasteiger partial charge on any atom is 0.289 e. The van der Waals surface area contributed by atoms with E-state index in [0.29, 0.717) is 24.5 Å². The molecule has 0 aliphatic heterocycles. The van der Waals surface area contributed by atoms with Crippen LogP contribution in [0.15, 0.2) is 18.2 Å². The number of fused-ring (bicyclic) bond motifs is 1. The highest BCUT2D eigenvalue weighted by Crippen LogP contribution is 2.27. The Morgan fingerprint density at radius 1 is 1.21 bits per heavy atom. The smallest absolute Gasteiger partial charge is 0.289 e. The number of nitrogens with two attached hydrogens (primary N) is 1. The van der Waals surface area contributed by atoms with Gasteiger partial charge in [0.1, 0.15) is 5.82 Å². The molecule has 2 atom stereocenters. The van der Waals surface area contributed by atoms with Gasteiger partial charge in [-0.1, -0.05) is 24.5 Å². The summed E-state index contributed by atoms with van der Waals surface area (Å²) in [5.74, 6) is 0.375. The van der Waals surface area contributed by atoms with Crippen molar-refractivity contribution in [1.29, 1.82) is 5.41 Å². The number of ether oxygens (including phenoxy) is 1. The van der Waals surface area contributed by atoms with Gasteiger partial charge in [0.25, 0.3) is 5.91 Å². The van der Waals surface area contributed by atoms with Crippen molar-refractivity contribution in [3.05, 3.63) is 29.6 Å². The summed E-state index contributed by atoms with van der Waals surface area (Å²) < 4.78 is 5.48. The molecule has 1 heterocycles. The Morgan fingerprint density at radius 3 is 2.58 bits per heavy atom. The lowest BCUT2D eigenvalue weighted by Gasteiger charge is -2.33. The van der Waals surface area contributed by atoms with Crippen molar-refractivity contribution in [3.8, 4) is 0 Å². The minimum Gasteiger partial charge on any atom is -0.377 e. The summed E-state index contributed by atoms with van der Waals surface area (Å²) >= 11 is 0. The summed E-state index contributed by atoms with van der Waals surface area (Å²) in [6.45, 7) is 6.74. The normalized spacial score (nSPS) is 17.6. The van der Waals surface area contributed by atoms with Gasteiger partial charge < -0.3 is 26.4 Å². The summed E-state index contributed by atoms with van der Waals surface area (Å²) in [7, 11) is 0. The SMILES string of the molecule is Cc1ccc2nc(C(=O)NCCOC(C)C)nc(N[C@H]3CCCC[C@H]3NC(=N)N)c2c1.Cl.Cl. The molecule has 184 valence electrons. The van der Waals surface area contributed by atoms with Gasteiger partial charge in [-0.2, -0.15) is 0 Å². The molecule has 11 heteroatoms. The summed E-state index contributed by atoms with van der Waals surface area (Å²) in [6.07, 6.45) is 4.12. The Kier molecular flexibility index (Phi) is 11.6. The molecule has 1 aromatic heterocycles. The number of nitrogens with one attached hydrogen (secondary N) is 4. The van der Waals surface area contributed by atoms with Crippen LogP contribution in [0.25, 0.3) is 10.9 Å². The average Bonchev–Trinajstić information content (AvgIpc) is 2.72. The molecule has 1 aromatic carbocycles. The monoisotopic (exact) mass is 499 g/mol. The first-order valence-corrected chi connectivity index (χ1v) is 10.9. The Bertz CT molecular complexity index is 942. The molecule has 9 nitrogen and oxygen atoms in total. The highest BCUT2D eigenvalue weighted by Gasteiger charge is 2.27. The summed E-state index contributed by atoms with van der Waals surface area (Å²) in [6, 6.07) is 5.98.